The minimum absolute atomic E-state index is 0.0356. The first-order chi connectivity index (χ1) is 16.8. The van der Waals surface area contributed by atoms with Crippen LogP contribution < -0.4 is 5.32 Å². The van der Waals surface area contributed by atoms with Gasteiger partial charge in [0.2, 0.25) is 0 Å². The first-order valence-corrected chi connectivity index (χ1v) is 11.6. The molecular formula is C26H25ClN2O6. The number of nitro groups is 1. The minimum atomic E-state index is -0.694. The quantitative estimate of drug-likeness (QED) is 0.254. The third-order valence-corrected chi connectivity index (χ3v) is 6.60. The highest BCUT2D eigenvalue weighted by Gasteiger charge is 2.41. The number of benzene rings is 2. The lowest BCUT2D eigenvalue weighted by molar-refractivity contribution is -0.384. The Kier molecular flexibility index (Phi) is 7.33. The molecule has 0 fully saturated rings. The Hall–Kier alpha value is -3.49. The van der Waals surface area contributed by atoms with Crippen LogP contribution in [0.3, 0.4) is 0 Å². The molecule has 0 aromatic heterocycles. The number of Topliss-reactive ketones (excluding diaryl/α,β-unsaturated/α-hetero) is 1. The van der Waals surface area contributed by atoms with Gasteiger partial charge in [-0.25, -0.2) is 4.79 Å². The number of rotatable bonds is 7. The Morgan fingerprint density at radius 2 is 1.74 bits per heavy atom. The number of esters is 1. The van der Waals surface area contributed by atoms with Crippen LogP contribution in [-0.2, 0) is 19.1 Å². The topological polar surface area (TPSA) is 108 Å². The minimum Gasteiger partial charge on any atom is -0.460 e. The molecule has 9 heteroatoms. The van der Waals surface area contributed by atoms with Crippen molar-refractivity contribution >= 4 is 29.0 Å². The summed E-state index contributed by atoms with van der Waals surface area (Å²) in [5.74, 6) is -1.38. The van der Waals surface area contributed by atoms with E-state index in [-0.39, 0.29) is 37.0 Å². The van der Waals surface area contributed by atoms with Crippen LogP contribution in [0.15, 0.2) is 71.1 Å². The molecule has 0 spiro atoms. The third kappa shape index (κ3) is 5.13. The van der Waals surface area contributed by atoms with E-state index in [0.717, 1.165) is 11.3 Å². The first-order valence-electron chi connectivity index (χ1n) is 11.2. The Balaban J connectivity index is 1.75. The molecule has 2 aromatic rings. The van der Waals surface area contributed by atoms with E-state index in [1.54, 1.807) is 31.2 Å². The number of nitro benzene ring substituents is 1. The highest BCUT2D eigenvalue weighted by atomic mass is 35.5. The number of ether oxygens (including phenoxy) is 2. The molecule has 0 amide bonds. The molecule has 1 aliphatic heterocycles. The van der Waals surface area contributed by atoms with Crippen molar-refractivity contribution in [2.75, 3.05) is 20.3 Å². The Morgan fingerprint density at radius 3 is 2.37 bits per heavy atom. The van der Waals surface area contributed by atoms with E-state index in [4.69, 9.17) is 21.1 Å². The number of carbonyl (C=O) groups is 2. The molecule has 0 saturated carbocycles. The van der Waals surface area contributed by atoms with E-state index in [2.05, 4.69) is 5.32 Å². The zero-order valence-corrected chi connectivity index (χ0v) is 20.1. The van der Waals surface area contributed by atoms with Crippen molar-refractivity contribution in [3.05, 3.63) is 97.3 Å². The summed E-state index contributed by atoms with van der Waals surface area (Å²) in [4.78, 5) is 37.3. The van der Waals surface area contributed by atoms with Crippen LogP contribution in [0.25, 0.3) is 0 Å². The summed E-state index contributed by atoms with van der Waals surface area (Å²) in [5.41, 5.74) is 3.69. The Morgan fingerprint density at radius 1 is 1.09 bits per heavy atom. The zero-order chi connectivity index (χ0) is 25.1. The summed E-state index contributed by atoms with van der Waals surface area (Å²) in [7, 11) is 1.51. The normalized spacial score (nSPS) is 19.8. The highest BCUT2D eigenvalue weighted by Crippen LogP contribution is 2.46. The number of ketones is 1. The van der Waals surface area contributed by atoms with Crippen LogP contribution in [-0.4, -0.2) is 37.0 Å². The van der Waals surface area contributed by atoms with Gasteiger partial charge in [0, 0.05) is 53.6 Å². The third-order valence-electron chi connectivity index (χ3n) is 6.35. The summed E-state index contributed by atoms with van der Waals surface area (Å²) < 4.78 is 10.4. The molecule has 2 aromatic carbocycles. The number of non-ortho nitro benzene ring substituents is 1. The van der Waals surface area contributed by atoms with Crippen molar-refractivity contribution in [2.45, 2.75) is 31.6 Å². The lowest BCUT2D eigenvalue weighted by Crippen LogP contribution is -2.36. The van der Waals surface area contributed by atoms with Gasteiger partial charge < -0.3 is 14.8 Å². The predicted octanol–water partition coefficient (Wildman–Crippen LogP) is 4.80. The maximum absolute atomic E-state index is 13.5. The van der Waals surface area contributed by atoms with Crippen LogP contribution in [0.4, 0.5) is 5.69 Å². The number of dihydropyridines is 1. The zero-order valence-electron chi connectivity index (χ0n) is 19.4. The number of halogens is 1. The van der Waals surface area contributed by atoms with Crippen molar-refractivity contribution in [1.29, 1.82) is 0 Å². The average Bonchev–Trinajstić information content (AvgIpc) is 2.83. The fraction of sp³-hybridized carbons (Fsp3) is 0.308. The number of hydrogen-bond donors (Lipinski definition) is 1. The standard InChI is InChI=1S/C26H25ClN2O6/c1-15-23(26(31)35-12-11-34-2)24(17-5-9-20(10-6-17)29(32)33)25-21(28-15)13-18(14-22(25)30)16-3-7-19(27)8-4-16/h3-10,18,24,28H,11-14H2,1-2H3/t18-,24+/m0/s1. The van der Waals surface area contributed by atoms with Crippen molar-refractivity contribution < 1.29 is 24.0 Å². The van der Waals surface area contributed by atoms with Crippen LogP contribution >= 0.6 is 11.6 Å². The van der Waals surface area contributed by atoms with Gasteiger partial charge in [-0.2, -0.15) is 0 Å². The summed E-state index contributed by atoms with van der Waals surface area (Å²) >= 11 is 6.03. The van der Waals surface area contributed by atoms with Gasteiger partial charge in [-0.15, -0.1) is 0 Å². The highest BCUT2D eigenvalue weighted by molar-refractivity contribution is 6.30. The van der Waals surface area contributed by atoms with E-state index in [0.29, 0.717) is 33.9 Å². The van der Waals surface area contributed by atoms with Crippen molar-refractivity contribution in [3.63, 3.8) is 0 Å². The number of allylic oxidation sites excluding steroid dienone is 3. The van der Waals surface area contributed by atoms with Crippen LogP contribution in [0.2, 0.25) is 5.02 Å². The van der Waals surface area contributed by atoms with Crippen LogP contribution in [0, 0.1) is 10.1 Å². The van der Waals surface area contributed by atoms with Gasteiger partial charge >= 0.3 is 5.97 Å². The number of methoxy groups -OCH3 is 1. The molecule has 0 saturated heterocycles. The van der Waals surface area contributed by atoms with Gasteiger partial charge in [-0.05, 0) is 42.5 Å². The summed E-state index contributed by atoms with van der Waals surface area (Å²) in [6, 6.07) is 13.4. The molecule has 2 aliphatic rings. The molecular weight excluding hydrogens is 472 g/mol. The Labute approximate surface area is 207 Å². The molecule has 182 valence electrons. The fourth-order valence-electron chi connectivity index (χ4n) is 4.70. The van der Waals surface area contributed by atoms with Crippen molar-refractivity contribution in [1.82, 2.24) is 5.32 Å². The van der Waals surface area contributed by atoms with Gasteiger partial charge in [0.1, 0.15) is 6.61 Å². The molecule has 8 nitrogen and oxygen atoms in total. The summed E-state index contributed by atoms with van der Waals surface area (Å²) in [6.45, 7) is 2.08. The molecule has 0 unspecified atom stereocenters. The average molecular weight is 497 g/mol. The molecule has 0 bridgehead atoms. The number of carbonyl (C=O) groups excluding carboxylic acids is 2. The van der Waals surface area contributed by atoms with Gasteiger partial charge in [0.15, 0.2) is 5.78 Å². The van der Waals surface area contributed by atoms with Gasteiger partial charge in [-0.1, -0.05) is 35.9 Å². The van der Waals surface area contributed by atoms with Crippen LogP contribution in [0.1, 0.15) is 42.7 Å². The second-order valence-corrected chi connectivity index (χ2v) is 8.98. The van der Waals surface area contributed by atoms with Crippen molar-refractivity contribution in [3.8, 4) is 0 Å². The van der Waals surface area contributed by atoms with E-state index >= 15 is 0 Å². The van der Waals surface area contributed by atoms with Crippen LogP contribution in [0.5, 0.6) is 0 Å². The SMILES string of the molecule is COCCOC(=O)C1=C(C)NC2=C(C(=O)C[C@@H](c3ccc(Cl)cc3)C2)[C@@H]1c1ccc([N+](=O)[O-])cc1. The number of nitrogens with zero attached hydrogens (tertiary/aromatic N) is 1. The lowest BCUT2D eigenvalue weighted by Gasteiger charge is -2.36. The monoisotopic (exact) mass is 496 g/mol. The molecule has 4 rings (SSSR count). The second kappa shape index (κ2) is 10.4. The number of hydrogen-bond acceptors (Lipinski definition) is 7. The summed E-state index contributed by atoms with van der Waals surface area (Å²) in [6.07, 6.45) is 0.853. The summed E-state index contributed by atoms with van der Waals surface area (Å²) in [5, 5.41) is 15.1. The first kappa shape index (κ1) is 24.6. The fourth-order valence-corrected chi connectivity index (χ4v) is 4.82. The second-order valence-electron chi connectivity index (χ2n) is 8.55. The largest absolute Gasteiger partial charge is 0.460 e. The maximum atomic E-state index is 13.5. The molecule has 35 heavy (non-hydrogen) atoms. The van der Waals surface area contributed by atoms with Crippen molar-refractivity contribution in [2.24, 2.45) is 0 Å². The predicted molar refractivity (Wildman–Crippen MR) is 130 cm³/mol. The Bertz CT molecular complexity index is 1220. The van der Waals surface area contributed by atoms with E-state index in [1.165, 1.54) is 19.2 Å². The molecule has 1 N–H and O–H groups in total. The lowest BCUT2D eigenvalue weighted by atomic mass is 9.71. The van der Waals surface area contributed by atoms with Gasteiger partial charge in [-0.3, -0.25) is 14.9 Å². The molecule has 0 radical (unpaired) electrons. The molecule has 1 aliphatic carbocycles. The molecule has 1 heterocycles. The van der Waals surface area contributed by atoms with E-state index in [1.807, 2.05) is 12.1 Å². The van der Waals surface area contributed by atoms with Gasteiger partial charge in [0.05, 0.1) is 17.1 Å². The smallest absolute Gasteiger partial charge is 0.336 e. The molecule has 2 atom stereocenters. The van der Waals surface area contributed by atoms with Gasteiger partial charge in [0.25, 0.3) is 5.69 Å². The van der Waals surface area contributed by atoms with E-state index < -0.39 is 16.8 Å². The van der Waals surface area contributed by atoms with E-state index in [9.17, 15) is 19.7 Å². The number of nitrogens with one attached hydrogen (secondary N) is 1. The maximum Gasteiger partial charge on any atom is 0.336 e.